The van der Waals surface area contributed by atoms with E-state index in [0.29, 0.717) is 5.02 Å². The first-order valence-corrected chi connectivity index (χ1v) is 4.26. The monoisotopic (exact) mass is 183 g/mol. The van der Waals surface area contributed by atoms with Crippen LogP contribution >= 0.6 is 11.6 Å². The van der Waals surface area contributed by atoms with Gasteiger partial charge in [0.2, 0.25) is 0 Å². The van der Waals surface area contributed by atoms with E-state index in [1.165, 1.54) is 0 Å². The van der Waals surface area contributed by atoms with Gasteiger partial charge in [-0.1, -0.05) is 11.6 Å². The number of anilines is 2. The van der Waals surface area contributed by atoms with Crippen molar-refractivity contribution in [3.8, 4) is 0 Å². The van der Waals surface area contributed by atoms with Gasteiger partial charge >= 0.3 is 0 Å². The molecule has 1 aliphatic heterocycles. The first-order chi connectivity index (χ1) is 5.77. The molecule has 2 rings (SSSR count). The Balaban J connectivity index is 2.46. The highest BCUT2D eigenvalue weighted by Gasteiger charge is 2.13. The van der Waals surface area contributed by atoms with E-state index in [4.69, 9.17) is 11.6 Å². The third kappa shape index (κ3) is 1.20. The van der Waals surface area contributed by atoms with Gasteiger partial charge < -0.3 is 10.2 Å². The van der Waals surface area contributed by atoms with Crippen LogP contribution in [0.15, 0.2) is 12.3 Å². The van der Waals surface area contributed by atoms with E-state index >= 15 is 0 Å². The predicted octanol–water partition coefficient (Wildman–Crippen LogP) is 1.60. The van der Waals surface area contributed by atoms with Crippen LogP contribution in [-0.2, 0) is 0 Å². The number of fused-ring (bicyclic) bond motifs is 1. The van der Waals surface area contributed by atoms with Gasteiger partial charge in [-0.3, -0.25) is 0 Å². The molecule has 2 heterocycles. The third-order valence-corrected chi connectivity index (χ3v) is 2.16. The molecule has 0 radical (unpaired) electrons. The maximum absolute atomic E-state index is 5.80. The second kappa shape index (κ2) is 2.83. The Hall–Kier alpha value is -0.960. The average molecular weight is 184 g/mol. The summed E-state index contributed by atoms with van der Waals surface area (Å²) in [6.07, 6.45) is 1.67. The zero-order valence-corrected chi connectivity index (χ0v) is 7.60. The maximum atomic E-state index is 5.80. The Morgan fingerprint density at radius 3 is 3.33 bits per heavy atom. The largest absolute Gasteiger partial charge is 0.380 e. The highest BCUT2D eigenvalue weighted by atomic mass is 35.5. The van der Waals surface area contributed by atoms with E-state index in [2.05, 4.69) is 15.2 Å². The summed E-state index contributed by atoms with van der Waals surface area (Å²) in [5.74, 6) is 0.977. The first kappa shape index (κ1) is 7.68. The average Bonchev–Trinajstić information content (AvgIpc) is 2.04. The Morgan fingerprint density at radius 1 is 1.67 bits per heavy atom. The minimum Gasteiger partial charge on any atom is -0.380 e. The summed E-state index contributed by atoms with van der Waals surface area (Å²) in [6, 6.07) is 1.90. The van der Waals surface area contributed by atoms with Gasteiger partial charge in [-0.25, -0.2) is 4.98 Å². The molecule has 0 saturated carbocycles. The predicted molar refractivity (Wildman–Crippen MR) is 51.0 cm³/mol. The summed E-state index contributed by atoms with van der Waals surface area (Å²) in [5, 5.41) is 3.92. The normalized spacial score (nSPS) is 15.3. The molecule has 0 aliphatic carbocycles. The quantitative estimate of drug-likeness (QED) is 0.662. The molecule has 64 valence electrons. The number of rotatable bonds is 0. The van der Waals surface area contributed by atoms with Crippen LogP contribution in [0, 0.1) is 0 Å². The fourth-order valence-electron chi connectivity index (χ4n) is 1.33. The summed E-state index contributed by atoms with van der Waals surface area (Å²) < 4.78 is 0. The molecule has 1 aromatic heterocycles. The van der Waals surface area contributed by atoms with E-state index in [9.17, 15) is 0 Å². The molecule has 0 spiro atoms. The summed E-state index contributed by atoms with van der Waals surface area (Å²) in [5.41, 5.74) is 1.02. The van der Waals surface area contributed by atoms with Crippen molar-refractivity contribution < 1.29 is 0 Å². The van der Waals surface area contributed by atoms with Gasteiger partial charge in [0, 0.05) is 26.3 Å². The first-order valence-electron chi connectivity index (χ1n) is 3.88. The van der Waals surface area contributed by atoms with E-state index in [1.807, 2.05) is 13.1 Å². The van der Waals surface area contributed by atoms with Gasteiger partial charge in [-0.05, 0) is 6.07 Å². The van der Waals surface area contributed by atoms with Gasteiger partial charge in [-0.15, -0.1) is 0 Å². The zero-order chi connectivity index (χ0) is 8.55. The molecule has 0 atom stereocenters. The van der Waals surface area contributed by atoms with Crippen molar-refractivity contribution in [2.24, 2.45) is 0 Å². The Labute approximate surface area is 76.4 Å². The maximum Gasteiger partial charge on any atom is 0.151 e. The van der Waals surface area contributed by atoms with E-state index in [1.54, 1.807) is 6.20 Å². The molecule has 0 fully saturated rings. The Bertz CT molecular complexity index is 300. The van der Waals surface area contributed by atoms with Crippen molar-refractivity contribution in [3.63, 3.8) is 0 Å². The smallest absolute Gasteiger partial charge is 0.151 e. The minimum atomic E-state index is 0.677. The van der Waals surface area contributed by atoms with Crippen LogP contribution in [-0.4, -0.2) is 25.1 Å². The minimum absolute atomic E-state index is 0.677. The summed E-state index contributed by atoms with van der Waals surface area (Å²) in [6.45, 7) is 1.94. The third-order valence-electron chi connectivity index (χ3n) is 1.96. The summed E-state index contributed by atoms with van der Waals surface area (Å²) in [4.78, 5) is 6.34. The number of aromatic nitrogens is 1. The summed E-state index contributed by atoms with van der Waals surface area (Å²) >= 11 is 5.80. The molecule has 0 bridgehead atoms. The molecule has 1 N–H and O–H groups in total. The number of halogens is 1. The van der Waals surface area contributed by atoms with Crippen molar-refractivity contribution in [3.05, 3.63) is 17.3 Å². The molecule has 1 aliphatic rings. The topological polar surface area (TPSA) is 28.2 Å². The lowest BCUT2D eigenvalue weighted by molar-refractivity contribution is 0.864. The van der Waals surface area contributed by atoms with Gasteiger partial charge in [0.25, 0.3) is 0 Å². The molecule has 12 heavy (non-hydrogen) atoms. The number of nitrogens with one attached hydrogen (secondary N) is 1. The second-order valence-electron chi connectivity index (χ2n) is 2.87. The molecule has 0 amide bonds. The van der Waals surface area contributed by atoms with E-state index in [-0.39, 0.29) is 0 Å². The van der Waals surface area contributed by atoms with Crippen molar-refractivity contribution >= 4 is 23.1 Å². The molecule has 0 unspecified atom stereocenters. The Kier molecular flexibility index (Phi) is 1.81. The van der Waals surface area contributed by atoms with Gasteiger partial charge in [-0.2, -0.15) is 0 Å². The number of hydrogen-bond acceptors (Lipinski definition) is 3. The van der Waals surface area contributed by atoms with Crippen molar-refractivity contribution in [2.45, 2.75) is 0 Å². The van der Waals surface area contributed by atoms with E-state index < -0.39 is 0 Å². The molecule has 4 heteroatoms. The van der Waals surface area contributed by atoms with Crippen LogP contribution in [0.3, 0.4) is 0 Å². The summed E-state index contributed by atoms with van der Waals surface area (Å²) in [7, 11) is 2.03. The van der Waals surface area contributed by atoms with Crippen LogP contribution in [0.25, 0.3) is 0 Å². The van der Waals surface area contributed by atoms with Crippen LogP contribution in [0.4, 0.5) is 11.5 Å². The standard InChI is InChI=1S/C8H10ClN3/c1-12-3-2-10-7-4-6(9)5-11-8(7)12/h4-5,10H,2-3H2,1H3. The van der Waals surface area contributed by atoms with Crippen LogP contribution in [0.1, 0.15) is 0 Å². The molecular weight excluding hydrogens is 174 g/mol. The van der Waals surface area contributed by atoms with Gasteiger partial charge in [0.15, 0.2) is 5.82 Å². The van der Waals surface area contributed by atoms with Crippen molar-refractivity contribution in [1.82, 2.24) is 4.98 Å². The van der Waals surface area contributed by atoms with Crippen molar-refractivity contribution in [1.29, 1.82) is 0 Å². The lowest BCUT2D eigenvalue weighted by Crippen LogP contribution is -2.31. The SMILES string of the molecule is CN1CCNc2cc(Cl)cnc21. The second-order valence-corrected chi connectivity index (χ2v) is 3.31. The van der Waals surface area contributed by atoms with Gasteiger partial charge in [0.05, 0.1) is 10.7 Å². The van der Waals surface area contributed by atoms with Crippen LogP contribution < -0.4 is 10.2 Å². The molecule has 3 nitrogen and oxygen atoms in total. The lowest BCUT2D eigenvalue weighted by atomic mass is 10.3. The highest BCUT2D eigenvalue weighted by Crippen LogP contribution is 2.27. The molecule has 0 saturated heterocycles. The number of nitrogens with zero attached hydrogens (tertiary/aromatic N) is 2. The Morgan fingerprint density at radius 2 is 2.50 bits per heavy atom. The number of hydrogen-bond donors (Lipinski definition) is 1. The number of pyridine rings is 1. The van der Waals surface area contributed by atoms with Crippen LogP contribution in [0.2, 0.25) is 5.02 Å². The molecule has 0 aromatic carbocycles. The zero-order valence-electron chi connectivity index (χ0n) is 6.84. The number of likely N-dealkylation sites (N-methyl/N-ethyl adjacent to an activating group) is 1. The lowest BCUT2D eigenvalue weighted by Gasteiger charge is -2.26. The fourth-order valence-corrected chi connectivity index (χ4v) is 1.49. The van der Waals surface area contributed by atoms with E-state index in [0.717, 1.165) is 24.6 Å². The fraction of sp³-hybridized carbons (Fsp3) is 0.375. The van der Waals surface area contributed by atoms with Crippen molar-refractivity contribution in [2.75, 3.05) is 30.4 Å². The van der Waals surface area contributed by atoms with Crippen LogP contribution in [0.5, 0.6) is 0 Å². The molecular formula is C8H10ClN3. The van der Waals surface area contributed by atoms with Gasteiger partial charge in [0.1, 0.15) is 0 Å². The highest BCUT2D eigenvalue weighted by molar-refractivity contribution is 6.30. The molecule has 1 aromatic rings.